The predicted molar refractivity (Wildman–Crippen MR) is 81.4 cm³/mol. The molecule has 1 aromatic heterocycles. The van der Waals surface area contributed by atoms with E-state index in [0.29, 0.717) is 11.3 Å². The maximum Gasteiger partial charge on any atom is 0.212 e. The normalized spacial score (nSPS) is 10.6. The van der Waals surface area contributed by atoms with Gasteiger partial charge in [-0.3, -0.25) is 9.48 Å². The van der Waals surface area contributed by atoms with Crippen LogP contribution in [0.3, 0.4) is 0 Å². The zero-order chi connectivity index (χ0) is 14.7. The lowest BCUT2D eigenvalue weighted by molar-refractivity contribution is 0.102. The minimum Gasteiger partial charge on any atom is -0.496 e. The number of methoxy groups -OCH3 is 1. The van der Waals surface area contributed by atoms with Gasteiger partial charge in [-0.2, -0.15) is 5.10 Å². The summed E-state index contributed by atoms with van der Waals surface area (Å²) in [5.74, 6) is 0.747. The van der Waals surface area contributed by atoms with E-state index in [-0.39, 0.29) is 5.78 Å². The fourth-order valence-corrected chi connectivity index (χ4v) is 2.60. The Labute approximate surface area is 126 Å². The van der Waals surface area contributed by atoms with Gasteiger partial charge in [0.05, 0.1) is 17.8 Å². The Hall–Kier alpha value is -1.62. The van der Waals surface area contributed by atoms with E-state index in [1.807, 2.05) is 19.1 Å². The van der Waals surface area contributed by atoms with Gasteiger partial charge in [-0.25, -0.2) is 0 Å². The van der Waals surface area contributed by atoms with Crippen molar-refractivity contribution in [2.45, 2.75) is 26.8 Å². The van der Waals surface area contributed by atoms with Crippen LogP contribution in [-0.4, -0.2) is 22.7 Å². The van der Waals surface area contributed by atoms with Crippen molar-refractivity contribution in [1.29, 1.82) is 0 Å². The van der Waals surface area contributed by atoms with Crippen molar-refractivity contribution in [3.63, 3.8) is 0 Å². The summed E-state index contributed by atoms with van der Waals surface area (Å²) in [6, 6.07) is 5.44. The molecule has 0 saturated carbocycles. The fraction of sp³-hybridized carbons (Fsp3) is 0.333. The minimum absolute atomic E-state index is 0.0337. The van der Waals surface area contributed by atoms with Crippen molar-refractivity contribution >= 4 is 21.7 Å². The molecule has 0 bridgehead atoms. The van der Waals surface area contributed by atoms with Gasteiger partial charge in [-0.05, 0) is 53.0 Å². The molecule has 2 aromatic rings. The van der Waals surface area contributed by atoms with Crippen molar-refractivity contribution in [2.24, 2.45) is 0 Å². The molecular formula is C15H17BrN2O2. The molecule has 1 aromatic carbocycles. The number of aryl methyl sites for hydroxylation is 2. The van der Waals surface area contributed by atoms with Gasteiger partial charge in [-0.15, -0.1) is 0 Å². The van der Waals surface area contributed by atoms with Gasteiger partial charge in [-0.1, -0.05) is 6.92 Å². The molecule has 20 heavy (non-hydrogen) atoms. The van der Waals surface area contributed by atoms with E-state index < -0.39 is 0 Å². The Bertz CT molecular complexity index is 635. The van der Waals surface area contributed by atoms with Crippen LogP contribution >= 0.6 is 15.9 Å². The quantitative estimate of drug-likeness (QED) is 0.783. The first kappa shape index (κ1) is 14.8. The fourth-order valence-electron chi connectivity index (χ4n) is 2.13. The molecule has 0 fully saturated rings. The first-order valence-electron chi connectivity index (χ1n) is 6.49. The average molecular weight is 337 g/mol. The maximum atomic E-state index is 12.6. The van der Waals surface area contributed by atoms with Crippen molar-refractivity contribution in [3.8, 4) is 5.75 Å². The van der Waals surface area contributed by atoms with E-state index >= 15 is 0 Å². The van der Waals surface area contributed by atoms with Gasteiger partial charge in [0, 0.05) is 12.1 Å². The van der Waals surface area contributed by atoms with Crippen LogP contribution < -0.4 is 4.74 Å². The summed E-state index contributed by atoms with van der Waals surface area (Å²) < 4.78 is 7.69. The zero-order valence-corrected chi connectivity index (χ0v) is 13.4. The molecule has 0 saturated heterocycles. The van der Waals surface area contributed by atoms with Crippen LogP contribution in [0.1, 0.15) is 35.0 Å². The number of benzene rings is 1. The molecule has 1 heterocycles. The van der Waals surface area contributed by atoms with Crippen molar-refractivity contribution in [3.05, 3.63) is 45.7 Å². The molecule has 0 amide bonds. The largest absolute Gasteiger partial charge is 0.496 e. The van der Waals surface area contributed by atoms with E-state index in [2.05, 4.69) is 28.0 Å². The molecular weight excluding hydrogens is 320 g/mol. The van der Waals surface area contributed by atoms with Crippen molar-refractivity contribution in [1.82, 2.24) is 9.78 Å². The number of nitrogens with zero attached hydrogens (tertiary/aromatic N) is 2. The molecule has 0 N–H and O–H groups in total. The van der Waals surface area contributed by atoms with Crippen LogP contribution in [0.2, 0.25) is 0 Å². The SMILES string of the molecule is CCCn1ncc(Br)c1C(=O)c1ccc(OC)c(C)c1. The molecule has 0 aliphatic rings. The summed E-state index contributed by atoms with van der Waals surface area (Å²) in [5.41, 5.74) is 2.18. The minimum atomic E-state index is -0.0337. The van der Waals surface area contributed by atoms with E-state index in [1.165, 1.54) is 0 Å². The standard InChI is InChI=1S/C15H17BrN2O2/c1-4-7-18-14(12(16)9-17-18)15(19)11-5-6-13(20-3)10(2)8-11/h5-6,8-9H,4,7H2,1-3H3. The molecule has 5 heteroatoms. The molecule has 0 radical (unpaired) electrons. The molecule has 2 rings (SSSR count). The molecule has 0 atom stereocenters. The Kier molecular flexibility index (Phi) is 4.60. The summed E-state index contributed by atoms with van der Waals surface area (Å²) in [5, 5.41) is 4.23. The van der Waals surface area contributed by atoms with Gasteiger partial charge in [0.2, 0.25) is 5.78 Å². The number of hydrogen-bond acceptors (Lipinski definition) is 3. The van der Waals surface area contributed by atoms with Crippen LogP contribution in [0.5, 0.6) is 5.75 Å². The lowest BCUT2D eigenvalue weighted by atomic mass is 10.0. The highest BCUT2D eigenvalue weighted by Gasteiger charge is 2.19. The second kappa shape index (κ2) is 6.22. The van der Waals surface area contributed by atoms with E-state index in [0.717, 1.165) is 28.8 Å². The lowest BCUT2D eigenvalue weighted by Gasteiger charge is -2.09. The summed E-state index contributed by atoms with van der Waals surface area (Å²) in [7, 11) is 1.62. The van der Waals surface area contributed by atoms with Crippen LogP contribution in [0.25, 0.3) is 0 Å². The summed E-state index contributed by atoms with van der Waals surface area (Å²) in [4.78, 5) is 12.6. The number of carbonyl (C=O) groups is 1. The third-order valence-electron chi connectivity index (χ3n) is 3.10. The second-order valence-corrected chi connectivity index (χ2v) is 5.43. The molecule has 0 spiro atoms. The highest BCUT2D eigenvalue weighted by Crippen LogP contribution is 2.24. The summed E-state index contributed by atoms with van der Waals surface area (Å²) in [6.45, 7) is 4.71. The summed E-state index contributed by atoms with van der Waals surface area (Å²) >= 11 is 3.40. The molecule has 0 unspecified atom stereocenters. The monoisotopic (exact) mass is 336 g/mol. The Balaban J connectivity index is 2.41. The van der Waals surface area contributed by atoms with E-state index in [9.17, 15) is 4.79 Å². The van der Waals surface area contributed by atoms with E-state index in [1.54, 1.807) is 24.1 Å². The number of carbonyl (C=O) groups excluding carboxylic acids is 1. The zero-order valence-electron chi connectivity index (χ0n) is 11.8. The molecule has 0 aliphatic carbocycles. The van der Waals surface area contributed by atoms with E-state index in [4.69, 9.17) is 4.74 Å². The third-order valence-corrected chi connectivity index (χ3v) is 3.68. The van der Waals surface area contributed by atoms with Gasteiger partial charge in [0.1, 0.15) is 11.4 Å². The first-order chi connectivity index (χ1) is 9.58. The molecule has 106 valence electrons. The number of rotatable bonds is 5. The topological polar surface area (TPSA) is 44.1 Å². The average Bonchev–Trinajstić information content (AvgIpc) is 2.79. The number of halogens is 1. The summed E-state index contributed by atoms with van der Waals surface area (Å²) in [6.07, 6.45) is 2.59. The Morgan fingerprint density at radius 1 is 1.45 bits per heavy atom. The van der Waals surface area contributed by atoms with Gasteiger partial charge >= 0.3 is 0 Å². The van der Waals surface area contributed by atoms with Crippen LogP contribution in [0.4, 0.5) is 0 Å². The van der Waals surface area contributed by atoms with Gasteiger partial charge in [0.15, 0.2) is 0 Å². The van der Waals surface area contributed by atoms with Crippen molar-refractivity contribution in [2.75, 3.05) is 7.11 Å². The maximum absolute atomic E-state index is 12.6. The lowest BCUT2D eigenvalue weighted by Crippen LogP contribution is -2.12. The van der Waals surface area contributed by atoms with Crippen LogP contribution in [0, 0.1) is 6.92 Å². The predicted octanol–water partition coefficient (Wildman–Crippen LogP) is 3.60. The molecule has 4 nitrogen and oxygen atoms in total. The van der Waals surface area contributed by atoms with Gasteiger partial charge < -0.3 is 4.74 Å². The van der Waals surface area contributed by atoms with Crippen LogP contribution in [0.15, 0.2) is 28.9 Å². The Morgan fingerprint density at radius 3 is 2.80 bits per heavy atom. The van der Waals surface area contributed by atoms with Crippen LogP contribution in [-0.2, 0) is 6.54 Å². The number of hydrogen-bond donors (Lipinski definition) is 0. The smallest absolute Gasteiger partial charge is 0.212 e. The van der Waals surface area contributed by atoms with Gasteiger partial charge in [0.25, 0.3) is 0 Å². The Morgan fingerprint density at radius 2 is 2.20 bits per heavy atom. The van der Waals surface area contributed by atoms with Crippen molar-refractivity contribution < 1.29 is 9.53 Å². The number of ether oxygens (including phenoxy) is 1. The third kappa shape index (κ3) is 2.77. The second-order valence-electron chi connectivity index (χ2n) is 4.58. The highest BCUT2D eigenvalue weighted by atomic mass is 79.9. The number of aromatic nitrogens is 2. The molecule has 0 aliphatic heterocycles. The first-order valence-corrected chi connectivity index (χ1v) is 7.28. The highest BCUT2D eigenvalue weighted by molar-refractivity contribution is 9.10. The number of ketones is 1.